The van der Waals surface area contributed by atoms with Crippen LogP contribution in [0.2, 0.25) is 0 Å². The van der Waals surface area contributed by atoms with E-state index < -0.39 is 0 Å². The Balaban J connectivity index is 2.04. The van der Waals surface area contributed by atoms with Gasteiger partial charge in [-0.15, -0.1) is 0 Å². The molecular weight excluding hydrogens is 239 g/mol. The standard InChI is InChI=1S/C16H25FN2/c1-12-7-14(12)10-19(3)16(2,11-18)9-13-5-4-6-15(17)8-13/h4-6,8,12,14H,7,9-11,18H2,1-3H3. The van der Waals surface area contributed by atoms with Gasteiger partial charge in [0.15, 0.2) is 0 Å². The third kappa shape index (κ3) is 3.54. The molecule has 2 rings (SSSR count). The second kappa shape index (κ2) is 5.59. The Kier molecular flexibility index (Phi) is 4.26. The molecule has 1 aliphatic carbocycles. The van der Waals surface area contributed by atoms with Gasteiger partial charge in [0.1, 0.15) is 5.82 Å². The molecule has 0 spiro atoms. The predicted octanol–water partition coefficient (Wildman–Crippen LogP) is 2.67. The highest BCUT2D eigenvalue weighted by molar-refractivity contribution is 5.19. The third-order valence-electron chi connectivity index (χ3n) is 4.62. The van der Waals surface area contributed by atoms with Crippen molar-refractivity contribution in [2.24, 2.45) is 17.6 Å². The molecule has 1 aromatic rings. The Labute approximate surface area is 115 Å². The molecule has 0 heterocycles. The summed E-state index contributed by atoms with van der Waals surface area (Å²) in [4.78, 5) is 2.35. The van der Waals surface area contributed by atoms with E-state index in [1.165, 1.54) is 12.5 Å². The SMILES string of the molecule is CC1CC1CN(C)C(C)(CN)Cc1cccc(F)c1. The fourth-order valence-corrected chi connectivity index (χ4v) is 2.68. The number of hydrogen-bond donors (Lipinski definition) is 1. The molecule has 3 unspecified atom stereocenters. The Hall–Kier alpha value is -0.930. The van der Waals surface area contributed by atoms with Gasteiger partial charge < -0.3 is 5.73 Å². The van der Waals surface area contributed by atoms with Crippen molar-refractivity contribution in [1.29, 1.82) is 0 Å². The summed E-state index contributed by atoms with van der Waals surface area (Å²) >= 11 is 0. The largest absolute Gasteiger partial charge is 0.329 e. The van der Waals surface area contributed by atoms with Crippen molar-refractivity contribution in [3.63, 3.8) is 0 Å². The second-order valence-corrected chi connectivity index (χ2v) is 6.36. The summed E-state index contributed by atoms with van der Waals surface area (Å²) in [6.07, 6.45) is 2.11. The zero-order valence-electron chi connectivity index (χ0n) is 12.2. The number of likely N-dealkylation sites (N-methyl/N-ethyl adjacent to an activating group) is 1. The highest BCUT2D eigenvalue weighted by atomic mass is 19.1. The van der Waals surface area contributed by atoms with Crippen LogP contribution in [-0.2, 0) is 6.42 Å². The molecule has 2 N–H and O–H groups in total. The number of benzene rings is 1. The minimum Gasteiger partial charge on any atom is -0.329 e. The lowest BCUT2D eigenvalue weighted by atomic mass is 9.91. The van der Waals surface area contributed by atoms with Crippen LogP contribution >= 0.6 is 0 Å². The van der Waals surface area contributed by atoms with Crippen LogP contribution in [-0.4, -0.2) is 30.6 Å². The van der Waals surface area contributed by atoms with Crippen molar-refractivity contribution in [2.75, 3.05) is 20.1 Å². The van der Waals surface area contributed by atoms with Crippen LogP contribution in [0.25, 0.3) is 0 Å². The van der Waals surface area contributed by atoms with Crippen molar-refractivity contribution in [3.05, 3.63) is 35.6 Å². The summed E-state index contributed by atoms with van der Waals surface area (Å²) in [5.41, 5.74) is 6.91. The molecule has 3 atom stereocenters. The van der Waals surface area contributed by atoms with E-state index in [0.29, 0.717) is 6.54 Å². The van der Waals surface area contributed by atoms with E-state index in [2.05, 4.69) is 25.8 Å². The summed E-state index contributed by atoms with van der Waals surface area (Å²) < 4.78 is 13.3. The van der Waals surface area contributed by atoms with Crippen LogP contribution in [0.15, 0.2) is 24.3 Å². The normalized spacial score (nSPS) is 25.4. The number of nitrogens with zero attached hydrogens (tertiary/aromatic N) is 1. The monoisotopic (exact) mass is 264 g/mol. The van der Waals surface area contributed by atoms with Gasteiger partial charge in [0.25, 0.3) is 0 Å². The van der Waals surface area contributed by atoms with Crippen LogP contribution in [0.3, 0.4) is 0 Å². The average Bonchev–Trinajstić information content (AvgIpc) is 3.04. The Morgan fingerprint density at radius 1 is 1.47 bits per heavy atom. The van der Waals surface area contributed by atoms with Crippen molar-refractivity contribution in [1.82, 2.24) is 4.90 Å². The second-order valence-electron chi connectivity index (χ2n) is 6.36. The maximum Gasteiger partial charge on any atom is 0.123 e. The zero-order chi connectivity index (χ0) is 14.0. The summed E-state index contributed by atoms with van der Waals surface area (Å²) in [5, 5.41) is 0. The van der Waals surface area contributed by atoms with Gasteiger partial charge in [0.05, 0.1) is 0 Å². The first-order valence-corrected chi connectivity index (χ1v) is 7.10. The number of halogens is 1. The molecule has 2 nitrogen and oxygen atoms in total. The van der Waals surface area contributed by atoms with Crippen LogP contribution in [0.4, 0.5) is 4.39 Å². The molecule has 0 saturated heterocycles. The van der Waals surface area contributed by atoms with Crippen molar-refractivity contribution < 1.29 is 4.39 Å². The highest BCUT2D eigenvalue weighted by Gasteiger charge is 2.37. The van der Waals surface area contributed by atoms with Gasteiger partial charge in [-0.2, -0.15) is 0 Å². The zero-order valence-corrected chi connectivity index (χ0v) is 12.2. The molecular formula is C16H25FN2. The van der Waals surface area contributed by atoms with E-state index in [4.69, 9.17) is 5.73 Å². The van der Waals surface area contributed by atoms with Gasteiger partial charge in [0.2, 0.25) is 0 Å². The molecule has 1 aromatic carbocycles. The van der Waals surface area contributed by atoms with Crippen LogP contribution in [0, 0.1) is 17.7 Å². The highest BCUT2D eigenvalue weighted by Crippen LogP contribution is 2.39. The Bertz CT molecular complexity index is 435. The molecule has 19 heavy (non-hydrogen) atoms. The Morgan fingerprint density at radius 2 is 2.16 bits per heavy atom. The van der Waals surface area contributed by atoms with Gasteiger partial charge in [0, 0.05) is 18.6 Å². The van der Waals surface area contributed by atoms with E-state index in [-0.39, 0.29) is 11.4 Å². The van der Waals surface area contributed by atoms with Gasteiger partial charge in [-0.1, -0.05) is 19.1 Å². The van der Waals surface area contributed by atoms with E-state index in [1.54, 1.807) is 12.1 Å². The topological polar surface area (TPSA) is 29.3 Å². The lowest BCUT2D eigenvalue weighted by Gasteiger charge is -2.38. The molecule has 3 heteroatoms. The summed E-state index contributed by atoms with van der Waals surface area (Å²) in [6, 6.07) is 6.84. The van der Waals surface area contributed by atoms with Gasteiger partial charge in [-0.25, -0.2) is 4.39 Å². The first-order valence-electron chi connectivity index (χ1n) is 7.10. The maximum absolute atomic E-state index is 13.3. The number of nitrogens with two attached hydrogens (primary N) is 1. The average molecular weight is 264 g/mol. The van der Waals surface area contributed by atoms with E-state index in [0.717, 1.165) is 30.4 Å². The number of rotatable bonds is 6. The molecule has 1 aliphatic rings. The lowest BCUT2D eigenvalue weighted by molar-refractivity contribution is 0.136. The molecule has 1 fully saturated rings. The molecule has 0 aliphatic heterocycles. The minimum atomic E-state index is -0.171. The third-order valence-corrected chi connectivity index (χ3v) is 4.62. The summed E-state index contributed by atoms with van der Waals surface area (Å²) in [7, 11) is 2.14. The molecule has 1 saturated carbocycles. The van der Waals surface area contributed by atoms with E-state index in [1.807, 2.05) is 6.07 Å². The number of hydrogen-bond acceptors (Lipinski definition) is 2. The quantitative estimate of drug-likeness (QED) is 0.856. The fraction of sp³-hybridized carbons (Fsp3) is 0.625. The molecule has 0 radical (unpaired) electrons. The summed E-state index contributed by atoms with van der Waals surface area (Å²) in [6.45, 7) is 6.14. The first kappa shape index (κ1) is 14.5. The van der Waals surface area contributed by atoms with Crippen LogP contribution < -0.4 is 5.73 Å². The smallest absolute Gasteiger partial charge is 0.123 e. The minimum absolute atomic E-state index is 0.101. The van der Waals surface area contributed by atoms with Crippen molar-refractivity contribution in [2.45, 2.75) is 32.2 Å². The maximum atomic E-state index is 13.3. The molecule has 0 bridgehead atoms. The molecule has 106 valence electrons. The Morgan fingerprint density at radius 3 is 2.68 bits per heavy atom. The molecule has 0 aromatic heterocycles. The fourth-order valence-electron chi connectivity index (χ4n) is 2.68. The van der Waals surface area contributed by atoms with Crippen LogP contribution in [0.5, 0.6) is 0 Å². The van der Waals surface area contributed by atoms with Crippen molar-refractivity contribution in [3.8, 4) is 0 Å². The van der Waals surface area contributed by atoms with Gasteiger partial charge >= 0.3 is 0 Å². The molecule has 0 amide bonds. The first-order chi connectivity index (χ1) is 8.94. The van der Waals surface area contributed by atoms with Gasteiger partial charge in [-0.3, -0.25) is 4.90 Å². The van der Waals surface area contributed by atoms with Crippen molar-refractivity contribution >= 4 is 0 Å². The van der Waals surface area contributed by atoms with Gasteiger partial charge in [-0.05, 0) is 56.3 Å². The predicted molar refractivity (Wildman–Crippen MR) is 77.5 cm³/mol. The van der Waals surface area contributed by atoms with E-state index >= 15 is 0 Å². The van der Waals surface area contributed by atoms with Crippen LogP contribution in [0.1, 0.15) is 25.8 Å². The lowest BCUT2D eigenvalue weighted by Crippen LogP contribution is -2.52. The van der Waals surface area contributed by atoms with E-state index in [9.17, 15) is 4.39 Å². The summed E-state index contributed by atoms with van der Waals surface area (Å²) in [5.74, 6) is 1.48.